The minimum Gasteiger partial charge on any atom is -0.311 e. The van der Waals surface area contributed by atoms with Gasteiger partial charge < -0.3 is 9.80 Å². The molecule has 0 N–H and O–H groups in total. The summed E-state index contributed by atoms with van der Waals surface area (Å²) in [6.07, 6.45) is 7.15. The monoisotopic (exact) mass is 933 g/mol. The van der Waals surface area contributed by atoms with E-state index < -0.39 is 0 Å². The first-order valence-electron chi connectivity index (χ1n) is 26.7. The van der Waals surface area contributed by atoms with Crippen LogP contribution in [0.5, 0.6) is 0 Å². The zero-order valence-electron chi connectivity index (χ0n) is 46.1. The molecule has 0 amide bonds. The Labute approximate surface area is 421 Å². The molecule has 0 radical (unpaired) electrons. The lowest BCUT2D eigenvalue weighted by Crippen LogP contribution is -2.62. The molecule has 360 valence electrons. The highest BCUT2D eigenvalue weighted by molar-refractivity contribution is 7.26. The topological polar surface area (TPSA) is 6.48 Å². The summed E-state index contributed by atoms with van der Waals surface area (Å²) in [4.78, 5) is 5.56. The normalized spacial score (nSPS) is 20.9. The SMILES string of the molecule is Cc1cc2c(cc1N1c3cc(C(C)(C)C)cc4c3B(c3ccc5c(c31)C(C)(C)CCC5(C)C)c1c(sc3cc5c(cc13)C(C)(C)CCC5(C)C)N4c1ccc(C(C)(C)C)cc1)C(C)(C)CCC2(C)C. The Balaban J connectivity index is 1.33. The molecule has 0 spiro atoms. The Morgan fingerprint density at radius 2 is 0.942 bits per heavy atom. The number of thiophene rings is 1. The molecule has 5 aliphatic rings. The van der Waals surface area contributed by atoms with Crippen LogP contribution in [0.15, 0.2) is 72.8 Å². The molecule has 5 aromatic carbocycles. The maximum Gasteiger partial charge on any atom is 0.254 e. The molecule has 2 nitrogen and oxygen atoms in total. The highest BCUT2D eigenvalue weighted by Crippen LogP contribution is 2.58. The van der Waals surface area contributed by atoms with Crippen molar-refractivity contribution in [2.45, 2.75) is 213 Å². The average Bonchev–Trinajstić information content (AvgIpc) is 3.62. The summed E-state index contributed by atoms with van der Waals surface area (Å²) < 4.78 is 1.42. The molecule has 0 fully saturated rings. The van der Waals surface area contributed by atoms with Gasteiger partial charge >= 0.3 is 0 Å². The van der Waals surface area contributed by atoms with Gasteiger partial charge in [-0.1, -0.05) is 155 Å². The first kappa shape index (κ1) is 47.1. The first-order chi connectivity index (χ1) is 31.8. The van der Waals surface area contributed by atoms with Gasteiger partial charge in [0.25, 0.3) is 6.71 Å². The standard InChI is InChI=1S/C65H81BN2S/c1-38-32-44-46(63(14,15)28-26-61(44,10)11)36-49(38)68-51-34-40(59(5,6)7)33-50-55(51)66(48-25-24-43-53(56(48)68)65(18,19)31-30-60(43,8)9)54-42-35-45-47(64(16,17)29-27-62(45,12)13)37-52(42)69-57(54)67(50)41-22-20-39(21-23-41)58(2,3)4/h20-25,32-37H,26-31H2,1-19H3. The van der Waals surface area contributed by atoms with Gasteiger partial charge in [0.2, 0.25) is 0 Å². The molecule has 1 aromatic heterocycles. The van der Waals surface area contributed by atoms with Crippen molar-refractivity contribution < 1.29 is 0 Å². The van der Waals surface area contributed by atoms with Crippen LogP contribution in [0.2, 0.25) is 0 Å². The second kappa shape index (κ2) is 14.4. The van der Waals surface area contributed by atoms with Crippen molar-refractivity contribution in [3.63, 3.8) is 0 Å². The molecule has 3 heterocycles. The number of hydrogen-bond donors (Lipinski definition) is 0. The van der Waals surface area contributed by atoms with Crippen LogP contribution in [0.25, 0.3) is 10.1 Å². The first-order valence-corrected chi connectivity index (χ1v) is 27.5. The van der Waals surface area contributed by atoms with Crippen LogP contribution < -0.4 is 26.2 Å². The van der Waals surface area contributed by atoms with E-state index in [9.17, 15) is 0 Å². The fourth-order valence-corrected chi connectivity index (χ4v) is 15.1. The third-order valence-corrected chi connectivity index (χ3v) is 20.0. The Morgan fingerprint density at radius 3 is 1.49 bits per heavy atom. The minimum atomic E-state index is -0.0975. The van der Waals surface area contributed by atoms with Gasteiger partial charge in [-0.05, 0) is 203 Å². The van der Waals surface area contributed by atoms with Gasteiger partial charge in [0.15, 0.2) is 0 Å². The molecular formula is C65H81BN2S. The van der Waals surface area contributed by atoms with Crippen molar-refractivity contribution in [2.24, 2.45) is 0 Å². The fourth-order valence-electron chi connectivity index (χ4n) is 13.8. The third kappa shape index (κ3) is 6.89. The van der Waals surface area contributed by atoms with Gasteiger partial charge in [-0.25, -0.2) is 0 Å². The van der Waals surface area contributed by atoms with Gasteiger partial charge in [0, 0.05) is 33.1 Å². The lowest BCUT2D eigenvalue weighted by atomic mass is 9.33. The van der Waals surface area contributed by atoms with Crippen molar-refractivity contribution in [2.75, 3.05) is 9.80 Å². The zero-order chi connectivity index (χ0) is 49.7. The largest absolute Gasteiger partial charge is 0.311 e. The van der Waals surface area contributed by atoms with Crippen LogP contribution in [0.4, 0.5) is 33.4 Å². The maximum atomic E-state index is 2.85. The van der Waals surface area contributed by atoms with E-state index in [1.54, 1.807) is 16.7 Å². The van der Waals surface area contributed by atoms with Gasteiger partial charge in [-0.15, -0.1) is 11.3 Å². The summed E-state index contributed by atoms with van der Waals surface area (Å²) in [6.45, 7) is 46.9. The van der Waals surface area contributed by atoms with Crippen LogP contribution >= 0.6 is 11.3 Å². The molecule has 2 aliphatic heterocycles. The summed E-state index contributed by atoms with van der Waals surface area (Å²) in [6, 6.07) is 30.8. The van der Waals surface area contributed by atoms with Crippen molar-refractivity contribution in [1.29, 1.82) is 0 Å². The second-order valence-electron chi connectivity index (χ2n) is 28.7. The quantitative estimate of drug-likeness (QED) is 0.159. The van der Waals surface area contributed by atoms with Crippen LogP contribution in [-0.2, 0) is 43.3 Å². The molecule has 6 aromatic rings. The Morgan fingerprint density at radius 1 is 0.464 bits per heavy atom. The Kier molecular flexibility index (Phi) is 9.86. The van der Waals surface area contributed by atoms with Gasteiger partial charge in [-0.3, -0.25) is 0 Å². The summed E-state index contributed by atoms with van der Waals surface area (Å²) in [5.41, 5.74) is 24.9. The molecule has 0 atom stereocenters. The van der Waals surface area contributed by atoms with Crippen LogP contribution in [0.1, 0.15) is 213 Å². The van der Waals surface area contributed by atoms with Crippen LogP contribution in [0.3, 0.4) is 0 Å². The number of aryl methyl sites for hydroxylation is 1. The highest BCUT2D eigenvalue weighted by Gasteiger charge is 2.51. The van der Waals surface area contributed by atoms with Crippen LogP contribution in [-0.4, -0.2) is 6.71 Å². The Hall–Kier alpha value is -4.28. The number of fused-ring (bicyclic) bond motifs is 10. The summed E-state index contributed by atoms with van der Waals surface area (Å²) >= 11 is 2.04. The molecule has 69 heavy (non-hydrogen) atoms. The van der Waals surface area contributed by atoms with Crippen molar-refractivity contribution in [1.82, 2.24) is 0 Å². The van der Waals surface area contributed by atoms with E-state index in [1.165, 1.54) is 125 Å². The van der Waals surface area contributed by atoms with E-state index in [0.29, 0.717) is 0 Å². The number of anilines is 6. The Bertz CT molecular complexity index is 3150. The lowest BCUT2D eigenvalue weighted by Gasteiger charge is -2.50. The van der Waals surface area contributed by atoms with Crippen molar-refractivity contribution >= 4 is 78.0 Å². The van der Waals surface area contributed by atoms with Crippen LogP contribution in [0, 0.1) is 6.92 Å². The van der Waals surface area contributed by atoms with Gasteiger partial charge in [0.1, 0.15) is 0 Å². The zero-order valence-corrected chi connectivity index (χ0v) is 46.9. The third-order valence-electron chi connectivity index (χ3n) is 18.9. The molecule has 0 bridgehead atoms. The number of hydrogen-bond acceptors (Lipinski definition) is 3. The predicted molar refractivity (Wildman–Crippen MR) is 304 cm³/mol. The van der Waals surface area contributed by atoms with E-state index >= 15 is 0 Å². The number of nitrogens with zero attached hydrogens (tertiary/aromatic N) is 2. The highest BCUT2D eigenvalue weighted by atomic mass is 32.1. The molecule has 11 rings (SSSR count). The summed E-state index contributed by atoms with van der Waals surface area (Å²) in [7, 11) is 0. The van der Waals surface area contributed by atoms with Gasteiger partial charge in [-0.2, -0.15) is 0 Å². The van der Waals surface area contributed by atoms with E-state index in [-0.39, 0.29) is 50.0 Å². The number of rotatable bonds is 2. The summed E-state index contributed by atoms with van der Waals surface area (Å²) in [5, 5.41) is 2.83. The minimum absolute atomic E-state index is 0.0243. The smallest absolute Gasteiger partial charge is 0.254 e. The molecule has 0 saturated carbocycles. The maximum absolute atomic E-state index is 2.85. The van der Waals surface area contributed by atoms with Gasteiger partial charge in [0.05, 0.1) is 5.00 Å². The van der Waals surface area contributed by atoms with Crippen molar-refractivity contribution in [3.05, 3.63) is 123 Å². The fraction of sp³-hybridized carbons (Fsp3) is 0.508. The molecular weight excluding hydrogens is 852 g/mol. The predicted octanol–water partition coefficient (Wildman–Crippen LogP) is 16.9. The van der Waals surface area contributed by atoms with E-state index in [2.05, 4.69) is 214 Å². The lowest BCUT2D eigenvalue weighted by molar-refractivity contribution is 0.331. The van der Waals surface area contributed by atoms with E-state index in [4.69, 9.17) is 0 Å². The molecule has 0 saturated heterocycles. The van der Waals surface area contributed by atoms with E-state index in [0.717, 1.165) is 6.42 Å². The average molecular weight is 933 g/mol. The van der Waals surface area contributed by atoms with Crippen molar-refractivity contribution in [3.8, 4) is 0 Å². The number of benzene rings is 5. The molecule has 0 unspecified atom stereocenters. The van der Waals surface area contributed by atoms with E-state index in [1.807, 2.05) is 11.3 Å². The second-order valence-corrected chi connectivity index (χ2v) is 29.7. The summed E-state index contributed by atoms with van der Waals surface area (Å²) in [5.74, 6) is 0. The molecule has 4 heteroatoms. The molecule has 3 aliphatic carbocycles.